The van der Waals surface area contributed by atoms with E-state index < -0.39 is 0 Å². The lowest BCUT2D eigenvalue weighted by atomic mass is 10.1. The number of thiophene rings is 1. The highest BCUT2D eigenvalue weighted by Gasteiger charge is 2.22. The summed E-state index contributed by atoms with van der Waals surface area (Å²) in [6.45, 7) is 4.86. The highest BCUT2D eigenvalue weighted by atomic mass is 32.1. The number of nitrogen functional groups attached to an aromatic ring is 1. The summed E-state index contributed by atoms with van der Waals surface area (Å²) in [6.07, 6.45) is 1.01. The highest BCUT2D eigenvalue weighted by Crippen LogP contribution is 2.35. The molecule has 0 saturated heterocycles. The van der Waals surface area contributed by atoms with E-state index in [1.54, 1.807) is 24.1 Å². The van der Waals surface area contributed by atoms with Gasteiger partial charge in [0.2, 0.25) is 0 Å². The van der Waals surface area contributed by atoms with Crippen LogP contribution < -0.4 is 5.73 Å². The summed E-state index contributed by atoms with van der Waals surface area (Å²) >= 11 is 1.25. The number of nitrogens with two attached hydrogens (primary N) is 1. The number of benzene rings is 1. The first-order chi connectivity index (χ1) is 9.45. The molecule has 2 N–H and O–H groups in total. The van der Waals surface area contributed by atoms with Gasteiger partial charge in [0.25, 0.3) is 5.91 Å². The molecule has 20 heavy (non-hydrogen) atoms. The molecule has 0 saturated carbocycles. The minimum atomic E-state index is -0.375. The summed E-state index contributed by atoms with van der Waals surface area (Å²) in [5.74, 6) is -0.0837. The number of hydrogen-bond donors (Lipinski definition) is 1. The van der Waals surface area contributed by atoms with E-state index in [1.165, 1.54) is 17.4 Å². The molecule has 0 aliphatic heterocycles. The number of carbonyl (C=O) groups is 1. The number of nitrogens with zero attached hydrogens (tertiary/aromatic N) is 1. The Balaban J connectivity index is 2.36. The van der Waals surface area contributed by atoms with Crippen LogP contribution in [0.5, 0.6) is 0 Å². The zero-order valence-electron chi connectivity index (χ0n) is 11.9. The van der Waals surface area contributed by atoms with Gasteiger partial charge in [0.1, 0.15) is 10.7 Å². The second kappa shape index (κ2) is 5.79. The van der Waals surface area contributed by atoms with Gasteiger partial charge in [-0.05, 0) is 18.1 Å². The fourth-order valence-electron chi connectivity index (χ4n) is 2.14. The lowest BCUT2D eigenvalue weighted by molar-refractivity contribution is 0.0780. The van der Waals surface area contributed by atoms with Gasteiger partial charge in [-0.15, -0.1) is 11.3 Å². The normalized spacial score (nSPS) is 12.6. The summed E-state index contributed by atoms with van der Waals surface area (Å²) in [7, 11) is 1.76. The van der Waals surface area contributed by atoms with E-state index >= 15 is 0 Å². The second-order valence-corrected chi connectivity index (χ2v) is 6.21. The third-order valence-corrected chi connectivity index (χ3v) is 4.68. The van der Waals surface area contributed by atoms with E-state index in [-0.39, 0.29) is 17.4 Å². The average molecular weight is 294 g/mol. The predicted octanol–water partition coefficient (Wildman–Crippen LogP) is 3.74. The van der Waals surface area contributed by atoms with Crippen LogP contribution in [0.3, 0.4) is 0 Å². The van der Waals surface area contributed by atoms with Crippen LogP contribution in [0.2, 0.25) is 0 Å². The van der Waals surface area contributed by atoms with E-state index in [2.05, 4.69) is 13.8 Å². The summed E-state index contributed by atoms with van der Waals surface area (Å²) in [5, 5.41) is 0.359. The molecule has 1 unspecified atom stereocenters. The van der Waals surface area contributed by atoms with Crippen molar-refractivity contribution in [1.82, 2.24) is 4.90 Å². The molecule has 3 nitrogen and oxygen atoms in total. The van der Waals surface area contributed by atoms with Crippen LogP contribution in [0, 0.1) is 11.7 Å². The van der Waals surface area contributed by atoms with Gasteiger partial charge < -0.3 is 10.6 Å². The maximum absolute atomic E-state index is 13.8. The third kappa shape index (κ3) is 2.63. The van der Waals surface area contributed by atoms with Crippen LogP contribution in [-0.2, 0) is 0 Å². The maximum Gasteiger partial charge on any atom is 0.265 e. The predicted molar refractivity (Wildman–Crippen MR) is 82.6 cm³/mol. The molecule has 1 amide bonds. The van der Waals surface area contributed by atoms with Crippen LogP contribution in [0.15, 0.2) is 18.2 Å². The van der Waals surface area contributed by atoms with E-state index in [0.29, 0.717) is 27.4 Å². The molecule has 2 rings (SSSR count). The number of rotatable bonds is 4. The topological polar surface area (TPSA) is 46.3 Å². The Kier molecular flexibility index (Phi) is 4.28. The molecule has 0 aliphatic rings. The Bertz CT molecular complexity index is 638. The van der Waals surface area contributed by atoms with Crippen molar-refractivity contribution in [3.63, 3.8) is 0 Å². The standard InChI is InChI=1S/C15H19FN2OS/c1-4-9(2)8-18(3)15(19)14-13(17)12-10(16)6-5-7-11(12)20-14/h5-7,9H,4,8,17H2,1-3H3. The zero-order chi connectivity index (χ0) is 14.9. The van der Waals surface area contributed by atoms with Crippen LogP contribution in [0.1, 0.15) is 29.9 Å². The molecule has 1 heterocycles. The van der Waals surface area contributed by atoms with E-state index in [9.17, 15) is 9.18 Å². The molecule has 1 aromatic carbocycles. The minimum absolute atomic E-state index is 0.136. The van der Waals surface area contributed by atoms with Crippen LogP contribution >= 0.6 is 11.3 Å². The fraction of sp³-hybridized carbons (Fsp3) is 0.400. The number of halogens is 1. The Morgan fingerprint density at radius 3 is 2.80 bits per heavy atom. The molecule has 0 fully saturated rings. The Morgan fingerprint density at radius 2 is 2.20 bits per heavy atom. The Labute approximate surface area is 122 Å². The minimum Gasteiger partial charge on any atom is -0.397 e. The highest BCUT2D eigenvalue weighted by molar-refractivity contribution is 7.21. The molecule has 1 aromatic heterocycles. The van der Waals surface area contributed by atoms with Crippen molar-refractivity contribution in [3.05, 3.63) is 28.9 Å². The zero-order valence-corrected chi connectivity index (χ0v) is 12.8. The molecule has 2 aromatic rings. The van der Waals surface area contributed by atoms with Crippen LogP contribution in [0.25, 0.3) is 10.1 Å². The van der Waals surface area contributed by atoms with Crippen molar-refractivity contribution in [3.8, 4) is 0 Å². The van der Waals surface area contributed by atoms with Crippen LogP contribution in [0.4, 0.5) is 10.1 Å². The summed E-state index contributed by atoms with van der Waals surface area (Å²) in [5.41, 5.74) is 6.22. The average Bonchev–Trinajstić information content (AvgIpc) is 2.76. The smallest absolute Gasteiger partial charge is 0.265 e. The number of hydrogen-bond acceptors (Lipinski definition) is 3. The quantitative estimate of drug-likeness (QED) is 0.933. The second-order valence-electron chi connectivity index (χ2n) is 5.16. The first kappa shape index (κ1) is 14.8. The molecule has 0 bridgehead atoms. The van der Waals surface area contributed by atoms with Gasteiger partial charge in [-0.25, -0.2) is 4.39 Å². The van der Waals surface area contributed by atoms with Crippen molar-refractivity contribution in [2.24, 2.45) is 5.92 Å². The molecular formula is C15H19FN2OS. The number of carbonyl (C=O) groups excluding carboxylic acids is 1. The van der Waals surface area contributed by atoms with Gasteiger partial charge in [0.15, 0.2) is 0 Å². The molecule has 5 heteroatoms. The number of amides is 1. The van der Waals surface area contributed by atoms with E-state index in [1.807, 2.05) is 0 Å². The lowest BCUT2D eigenvalue weighted by Crippen LogP contribution is -2.30. The van der Waals surface area contributed by atoms with Gasteiger partial charge in [0.05, 0.1) is 11.1 Å². The van der Waals surface area contributed by atoms with E-state index in [4.69, 9.17) is 5.73 Å². The van der Waals surface area contributed by atoms with Crippen molar-refractivity contribution in [2.75, 3.05) is 19.3 Å². The first-order valence-corrected chi connectivity index (χ1v) is 7.49. The summed E-state index contributed by atoms with van der Waals surface area (Å²) < 4.78 is 14.5. The van der Waals surface area contributed by atoms with Gasteiger partial charge in [-0.1, -0.05) is 26.3 Å². The van der Waals surface area contributed by atoms with Gasteiger partial charge >= 0.3 is 0 Å². The van der Waals surface area contributed by atoms with Crippen molar-refractivity contribution >= 4 is 33.0 Å². The Hall–Kier alpha value is -1.62. The molecule has 0 radical (unpaired) electrons. The van der Waals surface area contributed by atoms with E-state index in [0.717, 1.165) is 6.42 Å². The van der Waals surface area contributed by atoms with Crippen molar-refractivity contribution in [2.45, 2.75) is 20.3 Å². The number of anilines is 1. The van der Waals surface area contributed by atoms with Crippen molar-refractivity contribution < 1.29 is 9.18 Å². The van der Waals surface area contributed by atoms with Gasteiger partial charge in [0, 0.05) is 18.3 Å². The summed E-state index contributed by atoms with van der Waals surface area (Å²) in [4.78, 5) is 14.5. The van der Waals surface area contributed by atoms with Crippen LogP contribution in [-0.4, -0.2) is 24.4 Å². The SMILES string of the molecule is CCC(C)CN(C)C(=O)c1sc2cccc(F)c2c1N. The Morgan fingerprint density at radius 1 is 1.50 bits per heavy atom. The summed E-state index contributed by atoms with van der Waals surface area (Å²) in [6, 6.07) is 4.78. The monoisotopic (exact) mass is 294 g/mol. The van der Waals surface area contributed by atoms with Gasteiger partial charge in [-0.2, -0.15) is 0 Å². The van der Waals surface area contributed by atoms with Crippen molar-refractivity contribution in [1.29, 1.82) is 0 Å². The molecule has 108 valence electrons. The number of fused-ring (bicyclic) bond motifs is 1. The first-order valence-electron chi connectivity index (χ1n) is 6.67. The largest absolute Gasteiger partial charge is 0.397 e. The molecular weight excluding hydrogens is 275 g/mol. The van der Waals surface area contributed by atoms with Gasteiger partial charge in [-0.3, -0.25) is 4.79 Å². The maximum atomic E-state index is 13.8. The molecule has 1 atom stereocenters. The lowest BCUT2D eigenvalue weighted by Gasteiger charge is -2.20. The molecule has 0 spiro atoms. The fourth-order valence-corrected chi connectivity index (χ4v) is 3.27. The third-order valence-electron chi connectivity index (χ3n) is 3.52. The molecule has 0 aliphatic carbocycles.